The van der Waals surface area contributed by atoms with E-state index in [-0.39, 0.29) is 0 Å². The van der Waals surface area contributed by atoms with Crippen molar-refractivity contribution in [2.24, 2.45) is 0 Å². The van der Waals surface area contributed by atoms with Gasteiger partial charge in [0.2, 0.25) is 0 Å². The second kappa shape index (κ2) is 3.76. The van der Waals surface area contributed by atoms with E-state index < -0.39 is 0 Å². The fourth-order valence-corrected chi connectivity index (χ4v) is 2.13. The molecule has 0 fully saturated rings. The normalized spacial score (nSPS) is 14.8. The van der Waals surface area contributed by atoms with Crippen molar-refractivity contribution in [3.8, 4) is 5.69 Å². The van der Waals surface area contributed by atoms with Gasteiger partial charge in [-0.25, -0.2) is 4.68 Å². The maximum Gasteiger partial charge on any atom is 0.0892 e. The van der Waals surface area contributed by atoms with Crippen LogP contribution in [0, 0.1) is 6.92 Å². The van der Waals surface area contributed by atoms with Gasteiger partial charge < -0.3 is 4.74 Å². The number of hydrogen-bond donors (Lipinski definition) is 0. The first-order chi connectivity index (χ1) is 7.86. The maximum atomic E-state index is 5.50. The summed E-state index contributed by atoms with van der Waals surface area (Å²) in [6, 6.07) is 8.29. The minimum absolute atomic E-state index is 0.670. The molecule has 0 aliphatic carbocycles. The highest BCUT2D eigenvalue weighted by Gasteiger charge is 2.16. The molecule has 0 atom stereocenters. The lowest BCUT2D eigenvalue weighted by Crippen LogP contribution is -2.13. The van der Waals surface area contributed by atoms with Gasteiger partial charge in [-0.2, -0.15) is 5.10 Å². The Balaban J connectivity index is 2.13. The van der Waals surface area contributed by atoms with Crippen LogP contribution in [0.1, 0.15) is 16.8 Å². The van der Waals surface area contributed by atoms with E-state index in [1.165, 1.54) is 16.8 Å². The van der Waals surface area contributed by atoms with Crippen molar-refractivity contribution < 1.29 is 4.74 Å². The summed E-state index contributed by atoms with van der Waals surface area (Å²) in [4.78, 5) is 0. The van der Waals surface area contributed by atoms with E-state index in [0.29, 0.717) is 6.61 Å². The Kier molecular flexibility index (Phi) is 2.26. The lowest BCUT2D eigenvalue weighted by molar-refractivity contribution is 0.106. The van der Waals surface area contributed by atoms with Gasteiger partial charge in [0, 0.05) is 0 Å². The molecule has 0 bridgehead atoms. The SMILES string of the molecule is Cc1ccccc1-n1ncc2c1COCC2. The zero-order chi connectivity index (χ0) is 11.0. The van der Waals surface area contributed by atoms with E-state index in [2.05, 4.69) is 24.2 Å². The molecule has 0 saturated heterocycles. The molecule has 0 saturated carbocycles. The summed E-state index contributed by atoms with van der Waals surface area (Å²) < 4.78 is 7.50. The summed E-state index contributed by atoms with van der Waals surface area (Å²) >= 11 is 0. The first-order valence-electron chi connectivity index (χ1n) is 5.56. The zero-order valence-corrected chi connectivity index (χ0v) is 9.31. The van der Waals surface area contributed by atoms with E-state index in [9.17, 15) is 0 Å². The predicted molar refractivity (Wildman–Crippen MR) is 61.7 cm³/mol. The molecule has 1 aliphatic heterocycles. The van der Waals surface area contributed by atoms with Gasteiger partial charge in [0.15, 0.2) is 0 Å². The number of nitrogens with zero attached hydrogens (tertiary/aromatic N) is 2. The minimum Gasteiger partial charge on any atom is -0.375 e. The molecule has 2 heterocycles. The fraction of sp³-hybridized carbons (Fsp3) is 0.308. The van der Waals surface area contributed by atoms with Gasteiger partial charge in [0.1, 0.15) is 0 Å². The summed E-state index contributed by atoms with van der Waals surface area (Å²) in [7, 11) is 0. The monoisotopic (exact) mass is 214 g/mol. The first-order valence-corrected chi connectivity index (χ1v) is 5.56. The van der Waals surface area contributed by atoms with Crippen molar-refractivity contribution in [3.63, 3.8) is 0 Å². The quantitative estimate of drug-likeness (QED) is 0.728. The summed E-state index contributed by atoms with van der Waals surface area (Å²) in [5.74, 6) is 0. The zero-order valence-electron chi connectivity index (χ0n) is 9.31. The van der Waals surface area contributed by atoms with Crippen LogP contribution in [0.4, 0.5) is 0 Å². The van der Waals surface area contributed by atoms with Gasteiger partial charge in [-0.15, -0.1) is 0 Å². The Bertz CT molecular complexity index is 516. The highest BCUT2D eigenvalue weighted by molar-refractivity contribution is 5.42. The van der Waals surface area contributed by atoms with Gasteiger partial charge in [-0.1, -0.05) is 18.2 Å². The Hall–Kier alpha value is -1.61. The maximum absolute atomic E-state index is 5.50. The van der Waals surface area contributed by atoms with Gasteiger partial charge >= 0.3 is 0 Å². The van der Waals surface area contributed by atoms with Crippen molar-refractivity contribution in [3.05, 3.63) is 47.3 Å². The number of ether oxygens (including phenoxy) is 1. The number of para-hydroxylation sites is 1. The fourth-order valence-electron chi connectivity index (χ4n) is 2.13. The molecule has 0 N–H and O–H groups in total. The molecular weight excluding hydrogens is 200 g/mol. The molecule has 0 unspecified atom stereocenters. The number of hydrogen-bond acceptors (Lipinski definition) is 2. The molecule has 16 heavy (non-hydrogen) atoms. The molecule has 3 heteroatoms. The van der Waals surface area contributed by atoms with Gasteiger partial charge in [-0.05, 0) is 30.5 Å². The molecule has 0 amide bonds. The number of fused-ring (bicyclic) bond motifs is 1. The summed E-state index contributed by atoms with van der Waals surface area (Å²) in [6.07, 6.45) is 2.94. The van der Waals surface area contributed by atoms with Crippen molar-refractivity contribution in [1.82, 2.24) is 9.78 Å². The summed E-state index contributed by atoms with van der Waals surface area (Å²) in [6.45, 7) is 3.59. The molecule has 1 aromatic heterocycles. The second-order valence-corrected chi connectivity index (χ2v) is 4.12. The number of aryl methyl sites for hydroxylation is 1. The van der Waals surface area contributed by atoms with Crippen LogP contribution in [0.2, 0.25) is 0 Å². The lowest BCUT2D eigenvalue weighted by atomic mass is 10.1. The Morgan fingerprint density at radius 2 is 2.19 bits per heavy atom. The largest absolute Gasteiger partial charge is 0.375 e. The average Bonchev–Trinajstić information content (AvgIpc) is 2.74. The third-order valence-corrected chi connectivity index (χ3v) is 3.05. The third-order valence-electron chi connectivity index (χ3n) is 3.05. The molecule has 0 spiro atoms. The van der Waals surface area contributed by atoms with Crippen LogP contribution in [-0.2, 0) is 17.8 Å². The van der Waals surface area contributed by atoms with E-state index >= 15 is 0 Å². The average molecular weight is 214 g/mol. The first kappa shape index (κ1) is 9.60. The number of benzene rings is 1. The second-order valence-electron chi connectivity index (χ2n) is 4.12. The van der Waals surface area contributed by atoms with Crippen LogP contribution in [0.25, 0.3) is 5.69 Å². The smallest absolute Gasteiger partial charge is 0.0892 e. The van der Waals surface area contributed by atoms with Gasteiger partial charge in [0.25, 0.3) is 0 Å². The Morgan fingerprint density at radius 3 is 3.06 bits per heavy atom. The number of rotatable bonds is 1. The Labute approximate surface area is 94.7 Å². The molecule has 0 radical (unpaired) electrons. The molecular formula is C13H14N2O. The highest BCUT2D eigenvalue weighted by Crippen LogP contribution is 2.21. The summed E-state index contributed by atoms with van der Waals surface area (Å²) in [5.41, 5.74) is 4.89. The topological polar surface area (TPSA) is 27.1 Å². The molecule has 3 nitrogen and oxygen atoms in total. The summed E-state index contributed by atoms with van der Waals surface area (Å²) in [5, 5.41) is 4.47. The van der Waals surface area contributed by atoms with E-state index in [1.54, 1.807) is 0 Å². The van der Waals surface area contributed by atoms with Crippen molar-refractivity contribution in [1.29, 1.82) is 0 Å². The molecule has 3 rings (SSSR count). The van der Waals surface area contributed by atoms with Crippen LogP contribution in [0.15, 0.2) is 30.5 Å². The van der Waals surface area contributed by atoms with E-state index in [4.69, 9.17) is 4.74 Å². The molecule has 2 aromatic rings. The van der Waals surface area contributed by atoms with E-state index in [0.717, 1.165) is 18.7 Å². The van der Waals surface area contributed by atoms with Crippen molar-refractivity contribution in [2.75, 3.05) is 6.61 Å². The standard InChI is InChI=1S/C13H14N2O/c1-10-4-2-3-5-12(10)15-13-9-16-7-6-11(13)8-14-15/h2-5,8H,6-7,9H2,1H3. The highest BCUT2D eigenvalue weighted by atomic mass is 16.5. The van der Waals surface area contributed by atoms with Crippen LogP contribution in [-0.4, -0.2) is 16.4 Å². The number of aromatic nitrogens is 2. The Morgan fingerprint density at radius 1 is 1.31 bits per heavy atom. The van der Waals surface area contributed by atoms with Crippen LogP contribution < -0.4 is 0 Å². The predicted octanol–water partition coefficient (Wildman–Crippen LogP) is 2.25. The van der Waals surface area contributed by atoms with Crippen molar-refractivity contribution >= 4 is 0 Å². The lowest BCUT2D eigenvalue weighted by Gasteiger charge is -2.15. The molecule has 82 valence electrons. The van der Waals surface area contributed by atoms with Gasteiger partial charge in [-0.3, -0.25) is 0 Å². The minimum atomic E-state index is 0.670. The third kappa shape index (κ3) is 1.44. The van der Waals surface area contributed by atoms with Gasteiger partial charge in [0.05, 0.1) is 30.8 Å². The van der Waals surface area contributed by atoms with Crippen LogP contribution in [0.5, 0.6) is 0 Å². The molecule has 1 aromatic carbocycles. The van der Waals surface area contributed by atoms with E-state index in [1.807, 2.05) is 23.0 Å². The van der Waals surface area contributed by atoms with Crippen molar-refractivity contribution in [2.45, 2.75) is 20.0 Å². The molecule has 1 aliphatic rings. The van der Waals surface area contributed by atoms with Crippen LogP contribution in [0.3, 0.4) is 0 Å². The van der Waals surface area contributed by atoms with Crippen LogP contribution >= 0.6 is 0 Å².